The first-order chi connectivity index (χ1) is 19.5. The lowest BCUT2D eigenvalue weighted by Gasteiger charge is -2.32. The Kier molecular flexibility index (Phi) is 7.00. The second-order valence-corrected chi connectivity index (χ2v) is 9.83. The lowest BCUT2D eigenvalue weighted by atomic mass is 10.0. The van der Waals surface area contributed by atoms with Crippen LogP contribution >= 0.6 is 0 Å². The van der Waals surface area contributed by atoms with Gasteiger partial charge < -0.3 is 29.3 Å². The molecule has 1 amide bonds. The zero-order chi connectivity index (χ0) is 27.6. The van der Waals surface area contributed by atoms with E-state index < -0.39 is 17.2 Å². The number of carbonyl (C=O) groups is 1. The molecule has 3 aromatic carbocycles. The smallest absolute Gasteiger partial charge is 0.287 e. The molecule has 0 unspecified atom stereocenters. The molecule has 9 nitrogen and oxygen atoms in total. The van der Waals surface area contributed by atoms with Gasteiger partial charge in [-0.2, -0.15) is 0 Å². The molecule has 2 N–H and O–H groups in total. The summed E-state index contributed by atoms with van der Waals surface area (Å²) in [5.74, 6) is 1.03. The maximum absolute atomic E-state index is 14.8. The van der Waals surface area contributed by atoms with Crippen molar-refractivity contribution >= 4 is 28.3 Å². The Morgan fingerprint density at radius 3 is 2.65 bits per heavy atom. The number of nitrogens with zero attached hydrogens (tertiary/aromatic N) is 1. The zero-order valence-electron chi connectivity index (χ0n) is 21.9. The predicted octanol–water partition coefficient (Wildman–Crippen LogP) is 4.81. The summed E-state index contributed by atoms with van der Waals surface area (Å²) in [6.45, 7) is 2.55. The minimum Gasteiger partial charge on any atom is -0.497 e. The van der Waals surface area contributed by atoms with E-state index in [2.05, 4.69) is 15.5 Å². The number of hydrogen-bond acceptors (Lipinski definition) is 8. The largest absolute Gasteiger partial charge is 0.497 e. The van der Waals surface area contributed by atoms with Crippen molar-refractivity contribution < 1.29 is 27.8 Å². The molecule has 1 aromatic heterocycles. The Bertz CT molecular complexity index is 1610. The summed E-state index contributed by atoms with van der Waals surface area (Å²) in [5, 5.41) is 6.02. The maximum Gasteiger partial charge on any atom is 0.287 e. The van der Waals surface area contributed by atoms with Crippen molar-refractivity contribution in [3.8, 4) is 17.2 Å². The molecule has 0 bridgehead atoms. The molecule has 10 heteroatoms. The molecule has 2 aliphatic rings. The third kappa shape index (κ3) is 5.30. The maximum atomic E-state index is 14.8. The normalized spacial score (nSPS) is 15.2. The van der Waals surface area contributed by atoms with Crippen LogP contribution in [0.5, 0.6) is 17.2 Å². The molecular weight excluding hydrogens is 517 g/mol. The number of piperidine rings is 1. The van der Waals surface area contributed by atoms with E-state index in [1.165, 1.54) is 6.07 Å². The van der Waals surface area contributed by atoms with Crippen LogP contribution in [0.4, 0.5) is 15.8 Å². The van der Waals surface area contributed by atoms with Gasteiger partial charge in [-0.25, -0.2) is 4.39 Å². The van der Waals surface area contributed by atoms with Crippen LogP contribution in [0, 0.1) is 5.82 Å². The van der Waals surface area contributed by atoms with Gasteiger partial charge in [0, 0.05) is 49.1 Å². The van der Waals surface area contributed by atoms with Gasteiger partial charge in [0.2, 0.25) is 6.79 Å². The molecule has 0 atom stereocenters. The first-order valence-electron chi connectivity index (χ1n) is 13.1. The number of halogens is 1. The summed E-state index contributed by atoms with van der Waals surface area (Å²) in [6, 6.07) is 16.4. The Balaban J connectivity index is 1.11. The van der Waals surface area contributed by atoms with Crippen molar-refractivity contribution in [3.63, 3.8) is 0 Å². The molecular formula is C30H28FN3O6. The third-order valence-corrected chi connectivity index (χ3v) is 7.20. The van der Waals surface area contributed by atoms with E-state index in [0.29, 0.717) is 11.4 Å². The summed E-state index contributed by atoms with van der Waals surface area (Å²) in [5.41, 5.74) is 1.45. The number of fused-ring (bicyclic) bond motifs is 2. The SMILES string of the molecule is COc1ccc(Nc2cc3oc(C(=O)NC4CCN(Cc5cccc6c5OCO6)CC4)cc(=O)c3cc2F)cc1. The molecule has 0 aliphatic carbocycles. The minimum atomic E-state index is -0.612. The van der Waals surface area contributed by atoms with Crippen LogP contribution in [-0.2, 0) is 6.54 Å². The topological polar surface area (TPSA) is 102 Å². The van der Waals surface area contributed by atoms with Crippen molar-refractivity contribution in [1.82, 2.24) is 10.2 Å². The number of nitrogens with one attached hydrogen (secondary N) is 2. The van der Waals surface area contributed by atoms with E-state index in [0.717, 1.165) is 61.7 Å². The second kappa shape index (κ2) is 10.9. The average molecular weight is 546 g/mol. The Morgan fingerprint density at radius 1 is 1.07 bits per heavy atom. The van der Waals surface area contributed by atoms with E-state index in [1.54, 1.807) is 31.4 Å². The number of ether oxygens (including phenoxy) is 3. The number of amides is 1. The van der Waals surface area contributed by atoms with Gasteiger partial charge in [-0.1, -0.05) is 12.1 Å². The highest BCUT2D eigenvalue weighted by molar-refractivity contribution is 5.93. The highest BCUT2D eigenvalue weighted by atomic mass is 19.1. The number of hydrogen-bond donors (Lipinski definition) is 2. The lowest BCUT2D eigenvalue weighted by molar-refractivity contribution is 0.0881. The predicted molar refractivity (Wildman–Crippen MR) is 147 cm³/mol. The molecule has 1 saturated heterocycles. The van der Waals surface area contributed by atoms with Gasteiger partial charge in [0.1, 0.15) is 17.1 Å². The van der Waals surface area contributed by atoms with Gasteiger partial charge in [-0.05, 0) is 49.2 Å². The number of benzene rings is 3. The number of likely N-dealkylation sites (tertiary alicyclic amines) is 1. The molecule has 206 valence electrons. The van der Waals surface area contributed by atoms with Crippen molar-refractivity contribution in [1.29, 1.82) is 0 Å². The van der Waals surface area contributed by atoms with Crippen molar-refractivity contribution in [2.45, 2.75) is 25.4 Å². The number of methoxy groups -OCH3 is 1. The highest BCUT2D eigenvalue weighted by Gasteiger charge is 2.25. The fraction of sp³-hybridized carbons (Fsp3) is 0.267. The van der Waals surface area contributed by atoms with Crippen molar-refractivity contribution in [2.24, 2.45) is 0 Å². The van der Waals surface area contributed by atoms with E-state index in [4.69, 9.17) is 18.6 Å². The average Bonchev–Trinajstić information content (AvgIpc) is 3.45. The highest BCUT2D eigenvalue weighted by Crippen LogP contribution is 2.36. The van der Waals surface area contributed by atoms with Crippen LogP contribution in [0.15, 0.2) is 69.9 Å². The molecule has 40 heavy (non-hydrogen) atoms. The van der Waals surface area contributed by atoms with Gasteiger partial charge in [0.05, 0.1) is 18.2 Å². The van der Waals surface area contributed by atoms with Crippen molar-refractivity contribution in [2.75, 3.05) is 32.3 Å². The van der Waals surface area contributed by atoms with E-state index >= 15 is 0 Å². The second-order valence-electron chi connectivity index (χ2n) is 9.83. The van der Waals surface area contributed by atoms with E-state index in [9.17, 15) is 14.0 Å². The van der Waals surface area contributed by atoms with Crippen LogP contribution in [-0.4, -0.2) is 43.8 Å². The van der Waals surface area contributed by atoms with Crippen molar-refractivity contribution in [3.05, 3.63) is 88.0 Å². The van der Waals surface area contributed by atoms with Crippen LogP contribution in [0.3, 0.4) is 0 Å². The standard InChI is InChI=1S/C30H28FN3O6/c1-37-21-7-5-19(6-8-21)32-24-14-27-22(13-23(24)31)25(35)15-28(40-27)30(36)33-20-9-11-34(12-10-20)16-18-3-2-4-26-29(18)39-17-38-26/h2-8,13-15,20,32H,9-12,16-17H2,1H3,(H,33,36). The lowest BCUT2D eigenvalue weighted by Crippen LogP contribution is -2.44. The first kappa shape index (κ1) is 25.7. The Morgan fingerprint density at radius 2 is 1.88 bits per heavy atom. The zero-order valence-corrected chi connectivity index (χ0v) is 21.9. The van der Waals surface area contributed by atoms with Gasteiger partial charge in [0.25, 0.3) is 5.91 Å². The Labute approximate surface area is 229 Å². The van der Waals surface area contributed by atoms with Gasteiger partial charge in [-0.15, -0.1) is 0 Å². The first-order valence-corrected chi connectivity index (χ1v) is 13.1. The monoisotopic (exact) mass is 545 g/mol. The van der Waals surface area contributed by atoms with Crippen LogP contribution in [0.25, 0.3) is 11.0 Å². The molecule has 1 fully saturated rings. The summed E-state index contributed by atoms with van der Waals surface area (Å²) in [6.07, 6.45) is 1.49. The molecule has 4 aromatic rings. The number of rotatable bonds is 7. The summed E-state index contributed by atoms with van der Waals surface area (Å²) in [7, 11) is 1.56. The Hall–Kier alpha value is -4.57. The summed E-state index contributed by atoms with van der Waals surface area (Å²) >= 11 is 0. The summed E-state index contributed by atoms with van der Waals surface area (Å²) < 4.78 is 36.8. The summed E-state index contributed by atoms with van der Waals surface area (Å²) in [4.78, 5) is 28.0. The fourth-order valence-electron chi connectivity index (χ4n) is 5.06. The van der Waals surface area contributed by atoms with Gasteiger partial charge >= 0.3 is 0 Å². The quantitative estimate of drug-likeness (QED) is 0.341. The third-order valence-electron chi connectivity index (χ3n) is 7.20. The van der Waals surface area contributed by atoms with Gasteiger partial charge in [-0.3, -0.25) is 14.5 Å². The number of para-hydroxylation sites is 1. The van der Waals surface area contributed by atoms with Crippen LogP contribution in [0.1, 0.15) is 29.0 Å². The van der Waals surface area contributed by atoms with Crippen LogP contribution in [0.2, 0.25) is 0 Å². The molecule has 0 radical (unpaired) electrons. The molecule has 0 spiro atoms. The molecule has 0 saturated carbocycles. The number of anilines is 2. The minimum absolute atomic E-state index is 0.0596. The number of carbonyl (C=O) groups excluding carboxylic acids is 1. The van der Waals surface area contributed by atoms with E-state index in [-0.39, 0.29) is 35.3 Å². The molecule has 2 aliphatic heterocycles. The molecule has 3 heterocycles. The van der Waals surface area contributed by atoms with Gasteiger partial charge in [0.15, 0.2) is 22.7 Å². The molecule has 6 rings (SSSR count). The van der Waals surface area contributed by atoms with E-state index in [1.807, 2.05) is 18.2 Å². The fourth-order valence-corrected chi connectivity index (χ4v) is 5.06. The van der Waals surface area contributed by atoms with Crippen LogP contribution < -0.4 is 30.3 Å².